The maximum atomic E-state index is 12.8. The summed E-state index contributed by atoms with van der Waals surface area (Å²) in [6, 6.07) is 3.94. The zero-order valence-electron chi connectivity index (χ0n) is 15.8. The van der Waals surface area contributed by atoms with Crippen LogP contribution in [0, 0.1) is 0 Å². The molecule has 1 N–H and O–H groups in total. The molecule has 9 nitrogen and oxygen atoms in total. The molecule has 1 aliphatic rings. The molecule has 1 atom stereocenters. The Balaban J connectivity index is 2.25. The topological polar surface area (TPSA) is 111 Å². The van der Waals surface area contributed by atoms with Crippen molar-refractivity contribution in [2.45, 2.75) is 17.9 Å². The number of methoxy groups -OCH3 is 1. The third kappa shape index (κ3) is 5.09. The molecule has 2 rings (SSSR count). The van der Waals surface area contributed by atoms with Gasteiger partial charge in [0.05, 0.1) is 25.2 Å². The van der Waals surface area contributed by atoms with Gasteiger partial charge in [-0.3, -0.25) is 4.79 Å². The van der Waals surface area contributed by atoms with Crippen molar-refractivity contribution in [2.24, 2.45) is 0 Å². The molecule has 1 heterocycles. The first kappa shape index (κ1) is 21.9. The second kappa shape index (κ2) is 9.67. The Labute approximate surface area is 164 Å². The largest absolute Gasteiger partial charge is 0.496 e. The summed E-state index contributed by atoms with van der Waals surface area (Å²) in [5, 5.41) is 2.52. The Morgan fingerprint density at radius 1 is 1.36 bits per heavy atom. The lowest BCUT2D eigenvalue weighted by Gasteiger charge is -2.26. The Hall–Kier alpha value is -2.43. The normalized spacial score (nSPS) is 16.1. The van der Waals surface area contributed by atoms with Gasteiger partial charge >= 0.3 is 5.97 Å². The minimum Gasteiger partial charge on any atom is -0.496 e. The van der Waals surface area contributed by atoms with Crippen molar-refractivity contribution in [2.75, 3.05) is 40.0 Å². The van der Waals surface area contributed by atoms with Gasteiger partial charge in [-0.15, -0.1) is 6.58 Å². The first-order valence-electron chi connectivity index (χ1n) is 8.66. The fourth-order valence-corrected chi connectivity index (χ4v) is 3.97. The van der Waals surface area contributed by atoms with Crippen molar-refractivity contribution in [3.63, 3.8) is 0 Å². The van der Waals surface area contributed by atoms with Gasteiger partial charge in [0.25, 0.3) is 5.91 Å². The monoisotopic (exact) mass is 412 g/mol. The van der Waals surface area contributed by atoms with Gasteiger partial charge in [-0.2, -0.15) is 4.31 Å². The number of morpholine rings is 1. The Bertz CT molecular complexity index is 832. The predicted octanol–water partition coefficient (Wildman–Crippen LogP) is 0.564. The SMILES string of the molecule is C=CCNC(=O)[C@H](C)OC(=O)c1cc(S(=O)(=O)N2CCOCC2)ccc1OC. The number of sulfonamides is 1. The number of nitrogens with one attached hydrogen (secondary N) is 1. The van der Waals surface area contributed by atoms with Crippen molar-refractivity contribution in [1.82, 2.24) is 9.62 Å². The van der Waals surface area contributed by atoms with Gasteiger partial charge in [0, 0.05) is 19.6 Å². The average molecular weight is 412 g/mol. The fraction of sp³-hybridized carbons (Fsp3) is 0.444. The van der Waals surface area contributed by atoms with Crippen LogP contribution in [0.2, 0.25) is 0 Å². The number of benzene rings is 1. The summed E-state index contributed by atoms with van der Waals surface area (Å²) in [6.45, 7) is 6.21. The third-order valence-corrected chi connectivity index (χ3v) is 5.97. The maximum absolute atomic E-state index is 12.8. The summed E-state index contributed by atoms with van der Waals surface area (Å²) < 4.78 is 42.4. The van der Waals surface area contributed by atoms with E-state index >= 15 is 0 Å². The van der Waals surface area contributed by atoms with Gasteiger partial charge in [0.15, 0.2) is 6.10 Å². The van der Waals surface area contributed by atoms with Crippen molar-refractivity contribution in [1.29, 1.82) is 0 Å². The molecule has 10 heteroatoms. The molecule has 1 aromatic rings. The van der Waals surface area contributed by atoms with Crippen LogP contribution in [0.5, 0.6) is 5.75 Å². The number of ether oxygens (including phenoxy) is 3. The molecule has 0 saturated carbocycles. The van der Waals surface area contributed by atoms with Crippen LogP contribution >= 0.6 is 0 Å². The van der Waals surface area contributed by atoms with Gasteiger partial charge in [-0.05, 0) is 25.1 Å². The van der Waals surface area contributed by atoms with Crippen molar-refractivity contribution in [3.8, 4) is 5.75 Å². The van der Waals surface area contributed by atoms with E-state index in [2.05, 4.69) is 11.9 Å². The van der Waals surface area contributed by atoms with E-state index in [1.54, 1.807) is 0 Å². The zero-order valence-corrected chi connectivity index (χ0v) is 16.7. The molecular formula is C18H24N2O7S. The number of carbonyl (C=O) groups excluding carboxylic acids is 2. The molecular weight excluding hydrogens is 388 g/mol. The molecule has 1 aliphatic heterocycles. The van der Waals surface area contributed by atoms with Crippen LogP contribution in [0.1, 0.15) is 17.3 Å². The zero-order chi connectivity index (χ0) is 20.7. The van der Waals surface area contributed by atoms with Gasteiger partial charge in [0.2, 0.25) is 10.0 Å². The second-order valence-electron chi connectivity index (χ2n) is 5.96. The molecule has 0 spiro atoms. The number of rotatable bonds is 8. The van der Waals surface area contributed by atoms with E-state index in [1.807, 2.05) is 0 Å². The lowest BCUT2D eigenvalue weighted by molar-refractivity contribution is -0.128. The molecule has 0 unspecified atom stereocenters. The van der Waals surface area contributed by atoms with E-state index in [9.17, 15) is 18.0 Å². The van der Waals surface area contributed by atoms with E-state index < -0.39 is 28.0 Å². The van der Waals surface area contributed by atoms with Crippen LogP contribution in [0.4, 0.5) is 0 Å². The molecule has 0 bridgehead atoms. The third-order valence-electron chi connectivity index (χ3n) is 4.07. The van der Waals surface area contributed by atoms with Gasteiger partial charge in [0.1, 0.15) is 11.3 Å². The Morgan fingerprint density at radius 3 is 2.64 bits per heavy atom. The van der Waals surface area contributed by atoms with Crippen molar-refractivity contribution >= 4 is 21.9 Å². The summed E-state index contributed by atoms with van der Waals surface area (Å²) >= 11 is 0. The molecule has 1 fully saturated rings. The van der Waals surface area contributed by atoms with Crippen LogP contribution in [-0.4, -0.2) is 70.7 Å². The van der Waals surface area contributed by atoms with Crippen molar-refractivity contribution < 1.29 is 32.2 Å². The minimum atomic E-state index is -3.80. The molecule has 28 heavy (non-hydrogen) atoms. The van der Waals surface area contributed by atoms with Gasteiger partial charge in [-0.1, -0.05) is 6.08 Å². The first-order chi connectivity index (χ1) is 13.3. The van der Waals surface area contributed by atoms with Crippen molar-refractivity contribution in [3.05, 3.63) is 36.4 Å². The van der Waals surface area contributed by atoms with Crippen LogP contribution in [0.25, 0.3) is 0 Å². The maximum Gasteiger partial charge on any atom is 0.342 e. The first-order valence-corrected chi connectivity index (χ1v) is 10.1. The molecule has 1 amide bonds. The van der Waals surface area contributed by atoms with E-state index in [1.165, 1.54) is 42.6 Å². The Kier molecular flexibility index (Phi) is 7.55. The molecule has 154 valence electrons. The number of amides is 1. The van der Waals surface area contributed by atoms with Crippen LogP contribution in [0.3, 0.4) is 0 Å². The highest BCUT2D eigenvalue weighted by atomic mass is 32.2. The molecule has 1 aromatic carbocycles. The number of hydrogen-bond acceptors (Lipinski definition) is 7. The summed E-state index contributed by atoms with van der Waals surface area (Å²) in [6.07, 6.45) is 0.423. The van der Waals surface area contributed by atoms with E-state index in [-0.39, 0.29) is 35.8 Å². The van der Waals surface area contributed by atoms with E-state index in [0.29, 0.717) is 13.2 Å². The summed E-state index contributed by atoms with van der Waals surface area (Å²) in [5.74, 6) is -1.22. The average Bonchev–Trinajstić information content (AvgIpc) is 2.71. The summed E-state index contributed by atoms with van der Waals surface area (Å²) in [7, 11) is -2.45. The van der Waals surface area contributed by atoms with Gasteiger partial charge < -0.3 is 19.5 Å². The molecule has 0 radical (unpaired) electrons. The van der Waals surface area contributed by atoms with E-state index in [0.717, 1.165) is 0 Å². The fourth-order valence-electron chi connectivity index (χ4n) is 2.54. The predicted molar refractivity (Wildman–Crippen MR) is 101 cm³/mol. The number of carbonyl (C=O) groups is 2. The lowest BCUT2D eigenvalue weighted by atomic mass is 10.2. The van der Waals surface area contributed by atoms with Crippen LogP contribution in [-0.2, 0) is 24.3 Å². The summed E-state index contributed by atoms with van der Waals surface area (Å²) in [4.78, 5) is 24.3. The standard InChI is InChI=1S/C18H24N2O7S/c1-4-7-19-17(21)13(2)27-18(22)15-12-14(5-6-16(15)25-3)28(23,24)20-8-10-26-11-9-20/h4-6,12-13H,1,7-11H2,2-3H3,(H,19,21)/t13-/m0/s1. The second-order valence-corrected chi connectivity index (χ2v) is 7.90. The lowest BCUT2D eigenvalue weighted by Crippen LogP contribution is -2.40. The highest BCUT2D eigenvalue weighted by Crippen LogP contribution is 2.26. The van der Waals surface area contributed by atoms with Gasteiger partial charge in [-0.25, -0.2) is 13.2 Å². The number of hydrogen-bond donors (Lipinski definition) is 1. The quantitative estimate of drug-likeness (QED) is 0.491. The highest BCUT2D eigenvalue weighted by Gasteiger charge is 2.29. The molecule has 1 saturated heterocycles. The van der Waals surface area contributed by atoms with Crippen LogP contribution in [0.15, 0.2) is 35.7 Å². The van der Waals surface area contributed by atoms with E-state index in [4.69, 9.17) is 14.2 Å². The van der Waals surface area contributed by atoms with Crippen LogP contribution < -0.4 is 10.1 Å². The molecule has 0 aromatic heterocycles. The summed E-state index contributed by atoms with van der Waals surface area (Å²) in [5.41, 5.74) is -0.0831. The highest BCUT2D eigenvalue weighted by molar-refractivity contribution is 7.89. The molecule has 0 aliphatic carbocycles. The number of esters is 1. The smallest absolute Gasteiger partial charge is 0.342 e. The minimum absolute atomic E-state index is 0.0640. The Morgan fingerprint density at radius 2 is 2.04 bits per heavy atom. The number of nitrogens with zero attached hydrogens (tertiary/aromatic N) is 1.